The molecule has 0 saturated carbocycles. The SMILES string of the molecule is CC(C)c1c(Oc2ccc(C#N)cc2Cl)ccc2c1B(O)OC2. The number of rotatable bonds is 3. The van der Waals surface area contributed by atoms with E-state index in [-0.39, 0.29) is 5.92 Å². The molecule has 1 aliphatic heterocycles. The first-order valence-corrected chi connectivity index (χ1v) is 7.72. The lowest BCUT2D eigenvalue weighted by molar-refractivity contribution is 0.275. The Balaban J connectivity index is 2.04. The number of nitriles is 1. The lowest BCUT2D eigenvalue weighted by Gasteiger charge is -2.18. The summed E-state index contributed by atoms with van der Waals surface area (Å²) in [4.78, 5) is 0. The van der Waals surface area contributed by atoms with Crippen LogP contribution in [0.25, 0.3) is 0 Å². The van der Waals surface area contributed by atoms with E-state index in [1.165, 1.54) is 0 Å². The standard InChI is InChI=1S/C17H15BClNO3/c1-10(2)16-15(6-4-12-9-22-18(21)17(12)16)23-14-5-3-11(8-20)7-13(14)19/h3-7,10,21H,9H2,1-2H3. The molecule has 23 heavy (non-hydrogen) atoms. The zero-order valence-electron chi connectivity index (χ0n) is 12.8. The Labute approximate surface area is 140 Å². The van der Waals surface area contributed by atoms with Crippen LogP contribution in [0, 0.1) is 11.3 Å². The van der Waals surface area contributed by atoms with Gasteiger partial charge in [0.1, 0.15) is 11.5 Å². The van der Waals surface area contributed by atoms with E-state index in [1.54, 1.807) is 18.2 Å². The van der Waals surface area contributed by atoms with Gasteiger partial charge in [0.25, 0.3) is 0 Å². The van der Waals surface area contributed by atoms with Crippen LogP contribution < -0.4 is 10.2 Å². The van der Waals surface area contributed by atoms with Crippen LogP contribution in [0.5, 0.6) is 11.5 Å². The molecule has 0 radical (unpaired) electrons. The fourth-order valence-corrected chi connectivity index (χ4v) is 3.01. The number of hydrogen-bond donors (Lipinski definition) is 1. The second kappa shape index (κ2) is 6.25. The molecule has 2 aromatic rings. The van der Waals surface area contributed by atoms with E-state index >= 15 is 0 Å². The Kier molecular flexibility index (Phi) is 4.32. The van der Waals surface area contributed by atoms with Crippen molar-refractivity contribution in [2.24, 2.45) is 0 Å². The predicted octanol–water partition coefficient (Wildman–Crippen LogP) is 3.35. The van der Waals surface area contributed by atoms with Crippen LogP contribution in [0.4, 0.5) is 0 Å². The molecule has 6 heteroatoms. The zero-order valence-corrected chi connectivity index (χ0v) is 13.6. The number of benzene rings is 2. The Bertz CT molecular complexity index is 801. The van der Waals surface area contributed by atoms with Crippen molar-refractivity contribution in [3.8, 4) is 17.6 Å². The summed E-state index contributed by atoms with van der Waals surface area (Å²) in [5.74, 6) is 1.25. The molecule has 116 valence electrons. The highest BCUT2D eigenvalue weighted by Crippen LogP contribution is 2.35. The van der Waals surface area contributed by atoms with Crippen molar-refractivity contribution in [2.75, 3.05) is 0 Å². The summed E-state index contributed by atoms with van der Waals surface area (Å²) in [6.45, 7) is 4.47. The first-order valence-electron chi connectivity index (χ1n) is 7.34. The molecular weight excluding hydrogens is 312 g/mol. The molecule has 0 bridgehead atoms. The molecule has 4 nitrogen and oxygen atoms in total. The van der Waals surface area contributed by atoms with Gasteiger partial charge in [-0.05, 0) is 46.8 Å². The van der Waals surface area contributed by atoms with E-state index in [0.717, 1.165) is 16.6 Å². The Morgan fingerprint density at radius 2 is 2.04 bits per heavy atom. The third kappa shape index (κ3) is 2.94. The van der Waals surface area contributed by atoms with Gasteiger partial charge in [-0.3, -0.25) is 0 Å². The van der Waals surface area contributed by atoms with Gasteiger partial charge in [-0.25, -0.2) is 0 Å². The third-order valence-corrected chi connectivity index (χ3v) is 4.13. The van der Waals surface area contributed by atoms with Gasteiger partial charge < -0.3 is 14.4 Å². The van der Waals surface area contributed by atoms with Crippen molar-refractivity contribution >= 4 is 24.2 Å². The van der Waals surface area contributed by atoms with Crippen molar-refractivity contribution in [2.45, 2.75) is 26.4 Å². The quantitative estimate of drug-likeness (QED) is 0.878. The van der Waals surface area contributed by atoms with Crippen molar-refractivity contribution < 1.29 is 14.4 Å². The molecule has 0 unspecified atom stereocenters. The van der Waals surface area contributed by atoms with Gasteiger partial charge >= 0.3 is 7.12 Å². The highest BCUT2D eigenvalue weighted by Gasteiger charge is 2.33. The molecule has 0 amide bonds. The van der Waals surface area contributed by atoms with E-state index in [1.807, 2.05) is 32.0 Å². The summed E-state index contributed by atoms with van der Waals surface area (Å²) in [6, 6.07) is 10.7. The molecule has 1 aliphatic rings. The average molecular weight is 328 g/mol. The monoisotopic (exact) mass is 327 g/mol. The molecule has 3 rings (SSSR count). The minimum absolute atomic E-state index is 0.147. The molecule has 0 atom stereocenters. The summed E-state index contributed by atoms with van der Waals surface area (Å²) in [5.41, 5.74) is 3.14. The summed E-state index contributed by atoms with van der Waals surface area (Å²) in [7, 11) is -0.928. The molecule has 1 heterocycles. The van der Waals surface area contributed by atoms with E-state index < -0.39 is 7.12 Å². The Morgan fingerprint density at radius 1 is 1.30 bits per heavy atom. The number of ether oxygens (including phenoxy) is 1. The van der Waals surface area contributed by atoms with Gasteiger partial charge in [-0.1, -0.05) is 31.5 Å². The van der Waals surface area contributed by atoms with Crippen LogP contribution in [-0.2, 0) is 11.3 Å². The van der Waals surface area contributed by atoms with Crippen LogP contribution in [0.3, 0.4) is 0 Å². The van der Waals surface area contributed by atoms with Crippen molar-refractivity contribution in [3.63, 3.8) is 0 Å². The summed E-state index contributed by atoms with van der Waals surface area (Å²) < 4.78 is 11.3. The van der Waals surface area contributed by atoms with Crippen LogP contribution in [0.15, 0.2) is 30.3 Å². The number of nitrogens with zero attached hydrogens (tertiary/aromatic N) is 1. The minimum atomic E-state index is -0.928. The van der Waals surface area contributed by atoms with Crippen molar-refractivity contribution in [1.82, 2.24) is 0 Å². The Morgan fingerprint density at radius 3 is 2.70 bits per heavy atom. The van der Waals surface area contributed by atoms with Crippen LogP contribution in [0.2, 0.25) is 5.02 Å². The maximum absolute atomic E-state index is 10.1. The normalized spacial score (nSPS) is 13.1. The zero-order chi connectivity index (χ0) is 16.6. The van der Waals surface area contributed by atoms with E-state index in [9.17, 15) is 5.02 Å². The second-order valence-electron chi connectivity index (χ2n) is 5.73. The van der Waals surface area contributed by atoms with Gasteiger partial charge in [0, 0.05) is 0 Å². The van der Waals surface area contributed by atoms with Crippen LogP contribution in [-0.4, -0.2) is 12.1 Å². The fraction of sp³-hybridized carbons (Fsp3) is 0.235. The smallest absolute Gasteiger partial charge is 0.456 e. The number of hydrogen-bond acceptors (Lipinski definition) is 4. The van der Waals surface area contributed by atoms with E-state index in [4.69, 9.17) is 26.3 Å². The second-order valence-corrected chi connectivity index (χ2v) is 6.13. The van der Waals surface area contributed by atoms with Gasteiger partial charge in [0.2, 0.25) is 0 Å². The fourth-order valence-electron chi connectivity index (χ4n) is 2.79. The Hall–Kier alpha value is -2.00. The average Bonchev–Trinajstić information content (AvgIpc) is 2.90. The van der Waals surface area contributed by atoms with E-state index in [0.29, 0.717) is 28.7 Å². The maximum Gasteiger partial charge on any atom is 0.492 e. The largest absolute Gasteiger partial charge is 0.492 e. The number of halogens is 1. The first-order chi connectivity index (χ1) is 11.0. The lowest BCUT2D eigenvalue weighted by Crippen LogP contribution is -2.32. The number of fused-ring (bicyclic) bond motifs is 1. The molecule has 0 aliphatic carbocycles. The molecule has 0 saturated heterocycles. The highest BCUT2D eigenvalue weighted by atomic mass is 35.5. The molecular formula is C17H15BClNO3. The molecule has 0 aromatic heterocycles. The van der Waals surface area contributed by atoms with Gasteiger partial charge in [-0.2, -0.15) is 5.26 Å². The topological polar surface area (TPSA) is 62.5 Å². The summed E-state index contributed by atoms with van der Waals surface area (Å²) >= 11 is 6.19. The maximum atomic E-state index is 10.1. The van der Waals surface area contributed by atoms with Gasteiger partial charge in [-0.15, -0.1) is 0 Å². The molecule has 0 fully saturated rings. The molecule has 2 aromatic carbocycles. The van der Waals surface area contributed by atoms with E-state index in [2.05, 4.69) is 0 Å². The van der Waals surface area contributed by atoms with Crippen LogP contribution in [0.1, 0.15) is 36.5 Å². The highest BCUT2D eigenvalue weighted by molar-refractivity contribution is 6.62. The summed E-state index contributed by atoms with van der Waals surface area (Å²) in [6.07, 6.45) is 0. The van der Waals surface area contributed by atoms with Crippen molar-refractivity contribution in [1.29, 1.82) is 5.26 Å². The summed E-state index contributed by atoms with van der Waals surface area (Å²) in [5, 5.41) is 19.4. The minimum Gasteiger partial charge on any atom is -0.456 e. The van der Waals surface area contributed by atoms with Gasteiger partial charge in [0.05, 0.1) is 23.3 Å². The third-order valence-electron chi connectivity index (χ3n) is 3.84. The molecule has 1 N–H and O–H groups in total. The first kappa shape index (κ1) is 15.9. The lowest BCUT2D eigenvalue weighted by atomic mass is 9.73. The van der Waals surface area contributed by atoms with Crippen molar-refractivity contribution in [3.05, 3.63) is 52.0 Å². The molecule has 0 spiro atoms. The van der Waals surface area contributed by atoms with Gasteiger partial charge in [0.15, 0.2) is 0 Å². The predicted molar refractivity (Wildman–Crippen MR) is 89.2 cm³/mol. The van der Waals surface area contributed by atoms with Crippen LogP contribution >= 0.6 is 11.6 Å².